The van der Waals surface area contributed by atoms with Crippen LogP contribution in [0.3, 0.4) is 0 Å². The summed E-state index contributed by atoms with van der Waals surface area (Å²) in [6.45, 7) is 1.38. The van der Waals surface area contributed by atoms with Gasteiger partial charge in [0, 0.05) is 12.8 Å². The van der Waals surface area contributed by atoms with E-state index in [0.29, 0.717) is 17.3 Å². The molecule has 0 unspecified atom stereocenters. The molecule has 1 fully saturated rings. The van der Waals surface area contributed by atoms with Gasteiger partial charge in [-0.15, -0.1) is 0 Å². The molecule has 2 N–H and O–H groups in total. The number of hydrogen-bond acceptors (Lipinski definition) is 3. The maximum absolute atomic E-state index is 10.9. The van der Waals surface area contributed by atoms with Gasteiger partial charge in [-0.05, 0) is 12.8 Å². The SMILES string of the molecule is CC(=O)Nc1cn(C(=O)O)nc1C1CC1. The predicted octanol–water partition coefficient (Wildman–Crippen LogP) is 1.24. The molecule has 0 aromatic carbocycles. The van der Waals surface area contributed by atoms with Gasteiger partial charge in [-0.25, -0.2) is 4.79 Å². The summed E-state index contributed by atoms with van der Waals surface area (Å²) in [6.07, 6.45) is 2.19. The number of amides is 1. The minimum absolute atomic E-state index is 0.221. The number of nitrogens with zero attached hydrogens (tertiary/aromatic N) is 2. The molecule has 0 aliphatic heterocycles. The van der Waals surface area contributed by atoms with Gasteiger partial charge in [0.15, 0.2) is 0 Å². The smallest absolute Gasteiger partial charge is 0.432 e. The van der Waals surface area contributed by atoms with Crippen LogP contribution in [0.15, 0.2) is 6.20 Å². The van der Waals surface area contributed by atoms with Crippen molar-refractivity contribution >= 4 is 17.7 Å². The Morgan fingerprint density at radius 3 is 2.73 bits per heavy atom. The van der Waals surface area contributed by atoms with Crippen LogP contribution in [0.4, 0.5) is 10.5 Å². The first-order valence-electron chi connectivity index (χ1n) is 4.68. The molecule has 0 bridgehead atoms. The number of hydrogen-bond donors (Lipinski definition) is 2. The first-order valence-corrected chi connectivity index (χ1v) is 4.68. The molecule has 15 heavy (non-hydrogen) atoms. The van der Waals surface area contributed by atoms with Gasteiger partial charge in [-0.1, -0.05) is 0 Å². The Morgan fingerprint density at radius 1 is 1.60 bits per heavy atom. The third kappa shape index (κ3) is 1.98. The predicted molar refractivity (Wildman–Crippen MR) is 51.9 cm³/mol. The standard InChI is InChI=1S/C9H11N3O3/c1-5(13)10-7-4-12(9(14)15)11-8(7)6-2-3-6/h4,6H,2-3H2,1H3,(H,10,13)(H,14,15). The zero-order valence-corrected chi connectivity index (χ0v) is 8.23. The fourth-order valence-electron chi connectivity index (χ4n) is 1.43. The van der Waals surface area contributed by atoms with Gasteiger partial charge in [0.25, 0.3) is 0 Å². The highest BCUT2D eigenvalue weighted by Gasteiger charge is 2.30. The molecule has 0 spiro atoms. The lowest BCUT2D eigenvalue weighted by atomic mass is 10.2. The van der Waals surface area contributed by atoms with E-state index in [9.17, 15) is 9.59 Å². The van der Waals surface area contributed by atoms with Crippen molar-refractivity contribution < 1.29 is 14.7 Å². The summed E-state index contributed by atoms with van der Waals surface area (Å²) < 4.78 is 0.832. The van der Waals surface area contributed by atoms with Crippen molar-refractivity contribution in [2.24, 2.45) is 0 Å². The van der Waals surface area contributed by atoms with Crippen molar-refractivity contribution in [1.29, 1.82) is 0 Å². The van der Waals surface area contributed by atoms with Gasteiger partial charge in [-0.2, -0.15) is 9.78 Å². The van der Waals surface area contributed by atoms with Gasteiger partial charge in [0.2, 0.25) is 5.91 Å². The molecular weight excluding hydrogens is 198 g/mol. The molecule has 80 valence electrons. The van der Waals surface area contributed by atoms with Crippen LogP contribution in [0, 0.1) is 0 Å². The first-order chi connectivity index (χ1) is 7.08. The average molecular weight is 209 g/mol. The second kappa shape index (κ2) is 3.38. The van der Waals surface area contributed by atoms with Crippen molar-refractivity contribution in [1.82, 2.24) is 9.78 Å². The van der Waals surface area contributed by atoms with Crippen molar-refractivity contribution in [3.63, 3.8) is 0 Å². The summed E-state index contributed by atoms with van der Waals surface area (Å²) in [4.78, 5) is 21.6. The van der Waals surface area contributed by atoms with E-state index in [2.05, 4.69) is 10.4 Å². The van der Waals surface area contributed by atoms with Crippen LogP contribution in [-0.2, 0) is 4.79 Å². The molecule has 0 radical (unpaired) electrons. The monoisotopic (exact) mass is 209 g/mol. The van der Waals surface area contributed by atoms with Gasteiger partial charge in [0.05, 0.1) is 17.6 Å². The molecule has 1 aromatic rings. The fraction of sp³-hybridized carbons (Fsp3) is 0.444. The second-order valence-electron chi connectivity index (χ2n) is 3.61. The molecule has 1 aliphatic rings. The number of carbonyl (C=O) groups excluding carboxylic acids is 1. The Hall–Kier alpha value is -1.85. The number of nitrogens with one attached hydrogen (secondary N) is 1. The molecule has 0 saturated heterocycles. The molecule has 1 aliphatic carbocycles. The minimum atomic E-state index is -1.14. The molecule has 0 atom stereocenters. The summed E-state index contributed by atoms with van der Waals surface area (Å²) in [5, 5.41) is 15.3. The molecule has 2 rings (SSSR count). The number of rotatable bonds is 2. The summed E-state index contributed by atoms with van der Waals surface area (Å²) in [5.74, 6) is 0.0780. The van der Waals surface area contributed by atoms with Crippen LogP contribution >= 0.6 is 0 Å². The normalized spacial score (nSPS) is 15.0. The van der Waals surface area contributed by atoms with Crippen molar-refractivity contribution in [2.75, 3.05) is 5.32 Å². The highest BCUT2D eigenvalue weighted by atomic mass is 16.4. The van der Waals surface area contributed by atoms with E-state index in [-0.39, 0.29) is 5.91 Å². The highest BCUT2D eigenvalue weighted by Crippen LogP contribution is 2.42. The Bertz CT molecular complexity index is 420. The Kier molecular flexibility index (Phi) is 2.18. The maximum atomic E-state index is 10.9. The molecule has 1 heterocycles. The summed E-state index contributed by atoms with van der Waals surface area (Å²) in [7, 11) is 0. The molecule has 1 amide bonds. The topological polar surface area (TPSA) is 84.2 Å². The van der Waals surface area contributed by atoms with Crippen LogP contribution in [-0.4, -0.2) is 26.9 Å². The lowest BCUT2D eigenvalue weighted by Gasteiger charge is -1.99. The number of carbonyl (C=O) groups is 2. The third-order valence-electron chi connectivity index (χ3n) is 2.21. The number of carboxylic acid groups (broad SMARTS) is 1. The maximum Gasteiger partial charge on any atom is 0.432 e. The molecule has 1 aromatic heterocycles. The first kappa shape index (κ1) is 9.70. The zero-order valence-electron chi connectivity index (χ0n) is 8.23. The average Bonchev–Trinajstić information content (AvgIpc) is 2.88. The summed E-state index contributed by atoms with van der Waals surface area (Å²) in [6, 6.07) is 0. The molecular formula is C9H11N3O3. The largest absolute Gasteiger partial charge is 0.463 e. The van der Waals surface area contributed by atoms with E-state index in [1.54, 1.807) is 0 Å². The van der Waals surface area contributed by atoms with Gasteiger partial charge in [0.1, 0.15) is 0 Å². The Morgan fingerprint density at radius 2 is 2.27 bits per heavy atom. The van der Waals surface area contributed by atoms with Crippen molar-refractivity contribution in [3.8, 4) is 0 Å². The third-order valence-corrected chi connectivity index (χ3v) is 2.21. The van der Waals surface area contributed by atoms with E-state index in [0.717, 1.165) is 17.5 Å². The molecule has 6 nitrogen and oxygen atoms in total. The Balaban J connectivity index is 2.32. The second-order valence-corrected chi connectivity index (χ2v) is 3.61. The van der Waals surface area contributed by atoms with Gasteiger partial charge >= 0.3 is 6.09 Å². The van der Waals surface area contributed by atoms with E-state index >= 15 is 0 Å². The van der Waals surface area contributed by atoms with Crippen LogP contribution < -0.4 is 5.32 Å². The van der Waals surface area contributed by atoms with Gasteiger partial charge < -0.3 is 10.4 Å². The van der Waals surface area contributed by atoms with Crippen LogP contribution in [0.5, 0.6) is 0 Å². The van der Waals surface area contributed by atoms with E-state index in [1.165, 1.54) is 13.1 Å². The quantitative estimate of drug-likeness (QED) is 0.767. The van der Waals surface area contributed by atoms with Crippen LogP contribution in [0.2, 0.25) is 0 Å². The van der Waals surface area contributed by atoms with E-state index in [1.807, 2.05) is 0 Å². The summed E-state index contributed by atoms with van der Waals surface area (Å²) in [5.41, 5.74) is 1.18. The fourth-order valence-corrected chi connectivity index (χ4v) is 1.43. The molecule has 6 heteroatoms. The van der Waals surface area contributed by atoms with Gasteiger partial charge in [-0.3, -0.25) is 4.79 Å². The number of aromatic nitrogens is 2. The lowest BCUT2D eigenvalue weighted by Crippen LogP contribution is -2.08. The van der Waals surface area contributed by atoms with Crippen molar-refractivity contribution in [3.05, 3.63) is 11.9 Å². The number of anilines is 1. The van der Waals surface area contributed by atoms with E-state index in [4.69, 9.17) is 5.11 Å². The zero-order chi connectivity index (χ0) is 11.0. The summed E-state index contributed by atoms with van der Waals surface area (Å²) >= 11 is 0. The van der Waals surface area contributed by atoms with Crippen LogP contribution in [0.1, 0.15) is 31.4 Å². The minimum Gasteiger partial charge on any atom is -0.463 e. The lowest BCUT2D eigenvalue weighted by molar-refractivity contribution is -0.114. The Labute approximate surface area is 85.9 Å². The highest BCUT2D eigenvalue weighted by molar-refractivity contribution is 5.89. The van der Waals surface area contributed by atoms with E-state index < -0.39 is 6.09 Å². The molecule has 1 saturated carbocycles. The van der Waals surface area contributed by atoms with Crippen LogP contribution in [0.25, 0.3) is 0 Å². The van der Waals surface area contributed by atoms with Crippen molar-refractivity contribution in [2.45, 2.75) is 25.7 Å².